The highest BCUT2D eigenvalue weighted by molar-refractivity contribution is 6.42. The molecule has 6 nitrogen and oxygen atoms in total. The lowest BCUT2D eigenvalue weighted by atomic mass is 9.85. The number of rotatable bonds is 4. The molecular formula is C23H29Cl2N5O. The second-order valence-corrected chi connectivity index (χ2v) is 10.1. The first-order valence-corrected chi connectivity index (χ1v) is 11.2. The highest BCUT2D eigenvalue weighted by Crippen LogP contribution is 2.47. The molecule has 31 heavy (non-hydrogen) atoms. The molecule has 2 aromatic heterocycles. The average Bonchev–Trinajstić information content (AvgIpc) is 3.00. The van der Waals surface area contributed by atoms with Crippen LogP contribution in [0.1, 0.15) is 56.5 Å². The van der Waals surface area contributed by atoms with E-state index in [0.717, 1.165) is 46.6 Å². The molecule has 0 saturated carbocycles. The molecule has 1 aromatic carbocycles. The molecule has 1 aliphatic rings. The van der Waals surface area contributed by atoms with Crippen LogP contribution in [0.5, 0.6) is 5.75 Å². The van der Waals surface area contributed by atoms with Crippen molar-refractivity contribution in [1.82, 2.24) is 19.7 Å². The van der Waals surface area contributed by atoms with Crippen molar-refractivity contribution < 1.29 is 4.74 Å². The second kappa shape index (κ2) is 7.84. The Morgan fingerprint density at radius 2 is 1.94 bits per heavy atom. The van der Waals surface area contributed by atoms with Crippen LogP contribution in [0, 0.1) is 6.92 Å². The summed E-state index contributed by atoms with van der Waals surface area (Å²) in [5.41, 5.74) is 9.92. The summed E-state index contributed by atoms with van der Waals surface area (Å²) in [4.78, 5) is 6.64. The van der Waals surface area contributed by atoms with E-state index in [1.807, 2.05) is 23.7 Å². The van der Waals surface area contributed by atoms with Crippen molar-refractivity contribution in [3.63, 3.8) is 0 Å². The maximum absolute atomic E-state index is 6.71. The van der Waals surface area contributed by atoms with Crippen molar-refractivity contribution in [2.45, 2.75) is 52.1 Å². The van der Waals surface area contributed by atoms with E-state index in [-0.39, 0.29) is 17.5 Å². The first-order valence-electron chi connectivity index (χ1n) is 10.4. The Kier molecular flexibility index (Phi) is 5.61. The minimum absolute atomic E-state index is 0.115. The zero-order chi connectivity index (χ0) is 22.7. The molecular weight excluding hydrogens is 433 g/mol. The molecule has 1 aliphatic heterocycles. The van der Waals surface area contributed by atoms with Gasteiger partial charge in [-0.2, -0.15) is 5.10 Å². The molecule has 166 valence electrons. The van der Waals surface area contributed by atoms with E-state index in [9.17, 15) is 0 Å². The lowest BCUT2D eigenvalue weighted by Crippen LogP contribution is -2.54. The molecule has 3 heterocycles. The van der Waals surface area contributed by atoms with E-state index in [1.165, 1.54) is 0 Å². The van der Waals surface area contributed by atoms with Crippen molar-refractivity contribution in [2.75, 3.05) is 25.9 Å². The molecule has 4 rings (SSSR count). The van der Waals surface area contributed by atoms with E-state index in [0.29, 0.717) is 15.9 Å². The fourth-order valence-corrected chi connectivity index (χ4v) is 5.00. The van der Waals surface area contributed by atoms with Crippen molar-refractivity contribution in [1.29, 1.82) is 0 Å². The largest absolute Gasteiger partial charge is 0.496 e. The van der Waals surface area contributed by atoms with Crippen LogP contribution in [0.3, 0.4) is 0 Å². The van der Waals surface area contributed by atoms with Gasteiger partial charge in [-0.05, 0) is 46.8 Å². The summed E-state index contributed by atoms with van der Waals surface area (Å²) in [7, 11) is 1.69. The zero-order valence-corrected chi connectivity index (χ0v) is 20.3. The summed E-state index contributed by atoms with van der Waals surface area (Å²) in [6, 6.07) is 3.69. The summed E-state index contributed by atoms with van der Waals surface area (Å²) in [5, 5.41) is 6.74. The molecule has 8 heteroatoms. The molecule has 3 aromatic rings. The predicted octanol–water partition coefficient (Wildman–Crippen LogP) is 5.44. The maximum Gasteiger partial charge on any atom is 0.134 e. The lowest BCUT2D eigenvalue weighted by molar-refractivity contribution is 0.0462. The molecule has 2 N–H and O–H groups in total. The number of methoxy groups -OCH3 is 1. The molecule has 1 fully saturated rings. The SMILES string of the molecule is COc1c(C(C)n2nc(C)c3c(N)nccc32)cc(Cl)c(Cl)c1C1CN(C(C)(C)C)C1. The number of aryl methyl sites for hydroxylation is 1. The number of nitrogens with zero attached hydrogens (tertiary/aromatic N) is 4. The summed E-state index contributed by atoms with van der Waals surface area (Å²) in [6.07, 6.45) is 1.70. The smallest absolute Gasteiger partial charge is 0.134 e. The Morgan fingerprint density at radius 3 is 2.55 bits per heavy atom. The van der Waals surface area contributed by atoms with Crippen molar-refractivity contribution in [3.8, 4) is 5.75 Å². The molecule has 1 unspecified atom stereocenters. The standard InChI is InChI=1S/C23H29Cl2N5O/c1-12-18-17(7-8-27-22(18)26)30(28-12)13(2)15-9-16(24)20(25)19(21(15)31-6)14-10-29(11-14)23(3,4)5/h7-9,13-14H,10-11H2,1-6H3,(H2,26,27). The number of halogens is 2. The summed E-state index contributed by atoms with van der Waals surface area (Å²) < 4.78 is 7.89. The minimum Gasteiger partial charge on any atom is -0.496 e. The van der Waals surface area contributed by atoms with Crippen LogP contribution < -0.4 is 10.5 Å². The van der Waals surface area contributed by atoms with Gasteiger partial charge in [0.2, 0.25) is 0 Å². The molecule has 0 aliphatic carbocycles. The molecule has 1 atom stereocenters. The third-order valence-electron chi connectivity index (χ3n) is 6.32. The summed E-state index contributed by atoms with van der Waals surface area (Å²) in [5.74, 6) is 1.53. The Balaban J connectivity index is 1.81. The van der Waals surface area contributed by atoms with Gasteiger partial charge in [0, 0.05) is 41.9 Å². The van der Waals surface area contributed by atoms with E-state index >= 15 is 0 Å². The predicted molar refractivity (Wildman–Crippen MR) is 128 cm³/mol. The van der Waals surface area contributed by atoms with E-state index in [4.69, 9.17) is 38.8 Å². The molecule has 0 spiro atoms. The van der Waals surface area contributed by atoms with Gasteiger partial charge >= 0.3 is 0 Å². The van der Waals surface area contributed by atoms with Gasteiger partial charge in [0.15, 0.2) is 0 Å². The number of nitrogen functional groups attached to an aromatic ring is 1. The number of nitrogens with two attached hydrogens (primary N) is 1. The van der Waals surface area contributed by atoms with Gasteiger partial charge in [0.1, 0.15) is 11.6 Å². The van der Waals surface area contributed by atoms with Gasteiger partial charge in [-0.25, -0.2) is 4.98 Å². The van der Waals surface area contributed by atoms with Crippen LogP contribution in [0.2, 0.25) is 10.0 Å². The third kappa shape index (κ3) is 3.65. The monoisotopic (exact) mass is 461 g/mol. The lowest BCUT2D eigenvalue weighted by Gasteiger charge is -2.48. The molecule has 1 saturated heterocycles. The van der Waals surface area contributed by atoms with Crippen molar-refractivity contribution >= 4 is 39.9 Å². The first-order chi connectivity index (χ1) is 14.5. The van der Waals surface area contributed by atoms with Crippen LogP contribution >= 0.6 is 23.2 Å². The number of anilines is 1. The Labute approximate surface area is 193 Å². The summed E-state index contributed by atoms with van der Waals surface area (Å²) in [6.45, 7) is 12.5. The van der Waals surface area contributed by atoms with E-state index in [1.54, 1.807) is 13.3 Å². The van der Waals surface area contributed by atoms with Crippen LogP contribution in [0.25, 0.3) is 10.9 Å². The maximum atomic E-state index is 6.71. The Bertz CT molecular complexity index is 1150. The van der Waals surface area contributed by atoms with Crippen LogP contribution in [-0.2, 0) is 0 Å². The summed E-state index contributed by atoms with van der Waals surface area (Å²) >= 11 is 13.3. The van der Waals surface area contributed by atoms with Gasteiger partial charge < -0.3 is 10.5 Å². The van der Waals surface area contributed by atoms with Gasteiger partial charge in [-0.3, -0.25) is 9.58 Å². The van der Waals surface area contributed by atoms with Gasteiger partial charge in [0.25, 0.3) is 0 Å². The van der Waals surface area contributed by atoms with Gasteiger partial charge in [-0.1, -0.05) is 23.2 Å². The quantitative estimate of drug-likeness (QED) is 0.559. The first kappa shape index (κ1) is 22.2. The number of ether oxygens (including phenoxy) is 1. The number of hydrogen-bond donors (Lipinski definition) is 1. The normalized spacial score (nSPS) is 16.5. The zero-order valence-electron chi connectivity index (χ0n) is 18.8. The molecule has 0 bridgehead atoms. The number of hydrogen-bond acceptors (Lipinski definition) is 5. The number of pyridine rings is 1. The Hall–Kier alpha value is -2.02. The van der Waals surface area contributed by atoms with E-state index < -0.39 is 0 Å². The number of likely N-dealkylation sites (tertiary alicyclic amines) is 1. The van der Waals surface area contributed by atoms with Gasteiger partial charge in [0.05, 0.1) is 39.8 Å². The van der Waals surface area contributed by atoms with Crippen molar-refractivity contribution in [2.24, 2.45) is 0 Å². The topological polar surface area (TPSA) is 69.2 Å². The highest BCUT2D eigenvalue weighted by Gasteiger charge is 2.39. The number of benzene rings is 1. The minimum atomic E-state index is -0.139. The number of fused-ring (bicyclic) bond motifs is 1. The third-order valence-corrected chi connectivity index (χ3v) is 7.12. The van der Waals surface area contributed by atoms with E-state index in [2.05, 4.69) is 37.6 Å². The second-order valence-electron chi connectivity index (χ2n) is 9.28. The number of aromatic nitrogens is 3. The highest BCUT2D eigenvalue weighted by atomic mass is 35.5. The fourth-order valence-electron chi connectivity index (χ4n) is 4.48. The fraction of sp³-hybridized carbons (Fsp3) is 0.478. The van der Waals surface area contributed by atoms with Crippen LogP contribution in [0.4, 0.5) is 5.82 Å². The van der Waals surface area contributed by atoms with Crippen molar-refractivity contribution in [3.05, 3.63) is 45.2 Å². The van der Waals surface area contributed by atoms with Crippen LogP contribution in [-0.4, -0.2) is 45.4 Å². The van der Waals surface area contributed by atoms with Gasteiger partial charge in [-0.15, -0.1) is 0 Å². The average molecular weight is 462 g/mol. The molecule has 0 radical (unpaired) electrons. The van der Waals surface area contributed by atoms with Crippen LogP contribution in [0.15, 0.2) is 18.3 Å². The Morgan fingerprint density at radius 1 is 1.26 bits per heavy atom. The molecule has 0 amide bonds.